The van der Waals surface area contributed by atoms with Crippen molar-refractivity contribution in [3.05, 3.63) is 89.9 Å². The number of hydrogen-bond donors (Lipinski definition) is 2. The van der Waals surface area contributed by atoms with E-state index in [4.69, 9.17) is 9.97 Å². The maximum Gasteiger partial charge on any atom is 0.276 e. The zero-order valence-electron chi connectivity index (χ0n) is 24.2. The summed E-state index contributed by atoms with van der Waals surface area (Å²) in [4.78, 5) is 22.8. The minimum absolute atomic E-state index is 0.236. The van der Waals surface area contributed by atoms with Crippen molar-refractivity contribution in [2.75, 3.05) is 10.6 Å². The van der Waals surface area contributed by atoms with Gasteiger partial charge in [-0.05, 0) is 58.0 Å². The lowest BCUT2D eigenvalue weighted by atomic mass is 10.3. The highest BCUT2D eigenvalue weighted by atomic mass is 16.2. The number of aryl methyl sites for hydroxylation is 4. The molecule has 214 valence electrons. The number of imidazole rings is 2. The Morgan fingerprint density at radius 2 is 1.31 bits per heavy atom. The standard InChI is InChI=1S/C31H34N10O/c1-5-40-27(19-21(3)36-40)29(42)35-31-33-24-14-8-10-16-26(24)39(31)18-12-11-17-38-25-15-9-7-13-23(25)32-30(38)34-28-20-22(4)37-41(28)6-2/h7-16,19-20H,5-6,17-18H2,1-4H3,(H,32,34)(H,33,35,42)/b12-11+. The van der Waals surface area contributed by atoms with Gasteiger partial charge in [-0.2, -0.15) is 10.2 Å². The van der Waals surface area contributed by atoms with E-state index in [1.807, 2.05) is 78.6 Å². The molecule has 42 heavy (non-hydrogen) atoms. The van der Waals surface area contributed by atoms with E-state index in [1.54, 1.807) is 10.7 Å². The zero-order valence-corrected chi connectivity index (χ0v) is 24.2. The minimum atomic E-state index is -0.236. The summed E-state index contributed by atoms with van der Waals surface area (Å²) < 4.78 is 7.80. The SMILES string of the molecule is CCn1nc(C)cc1Nc1nc2ccccc2n1C/C=C/Cn1c(NC(=O)c2cc(C)nn2CC)nc2ccccc21. The number of carbonyl (C=O) groups is 1. The Bertz CT molecular complexity index is 1920. The molecule has 0 radical (unpaired) electrons. The largest absolute Gasteiger partial charge is 0.310 e. The first kappa shape index (κ1) is 27.0. The van der Waals surface area contributed by atoms with Gasteiger partial charge in [-0.1, -0.05) is 36.4 Å². The first-order chi connectivity index (χ1) is 20.4. The molecular formula is C31H34N10O. The fourth-order valence-electron chi connectivity index (χ4n) is 5.21. The van der Waals surface area contributed by atoms with Crippen molar-refractivity contribution < 1.29 is 4.79 Å². The molecule has 0 bridgehead atoms. The Kier molecular flexibility index (Phi) is 7.30. The van der Waals surface area contributed by atoms with Gasteiger partial charge in [-0.25, -0.2) is 14.6 Å². The lowest BCUT2D eigenvalue weighted by Crippen LogP contribution is -2.19. The molecule has 0 aliphatic carbocycles. The third-order valence-corrected chi connectivity index (χ3v) is 7.15. The van der Waals surface area contributed by atoms with Gasteiger partial charge in [0, 0.05) is 32.2 Å². The number of allylic oxidation sites excluding steroid dienone is 2. The normalized spacial score (nSPS) is 11.7. The Morgan fingerprint density at radius 1 is 0.762 bits per heavy atom. The molecule has 6 rings (SSSR count). The van der Waals surface area contributed by atoms with Crippen molar-refractivity contribution in [3.63, 3.8) is 0 Å². The van der Waals surface area contributed by atoms with Crippen LogP contribution in [0.25, 0.3) is 22.1 Å². The molecule has 4 heterocycles. The van der Waals surface area contributed by atoms with E-state index in [1.165, 1.54) is 0 Å². The van der Waals surface area contributed by atoms with E-state index in [-0.39, 0.29) is 5.91 Å². The molecule has 11 heteroatoms. The Hall–Kier alpha value is -5.19. The topological polar surface area (TPSA) is 112 Å². The minimum Gasteiger partial charge on any atom is -0.310 e. The van der Waals surface area contributed by atoms with Crippen molar-refractivity contribution in [2.45, 2.75) is 53.9 Å². The summed E-state index contributed by atoms with van der Waals surface area (Å²) in [7, 11) is 0. The van der Waals surface area contributed by atoms with Crippen LogP contribution in [0.4, 0.5) is 17.7 Å². The molecule has 1 amide bonds. The Balaban J connectivity index is 1.26. The Labute approximate surface area is 243 Å². The summed E-state index contributed by atoms with van der Waals surface area (Å²) in [5, 5.41) is 15.5. The summed E-state index contributed by atoms with van der Waals surface area (Å²) in [6.45, 7) is 10.4. The number of carbonyl (C=O) groups excluding carboxylic acids is 1. The summed E-state index contributed by atoms with van der Waals surface area (Å²) in [6.07, 6.45) is 4.20. The predicted octanol–water partition coefficient (Wildman–Crippen LogP) is 5.69. The Morgan fingerprint density at radius 3 is 1.95 bits per heavy atom. The number of aromatic nitrogens is 8. The smallest absolute Gasteiger partial charge is 0.276 e. The second-order valence-corrected chi connectivity index (χ2v) is 10.1. The highest BCUT2D eigenvalue weighted by molar-refractivity contribution is 6.03. The van der Waals surface area contributed by atoms with Gasteiger partial charge in [0.1, 0.15) is 11.5 Å². The van der Waals surface area contributed by atoms with Crippen LogP contribution in [-0.4, -0.2) is 44.6 Å². The van der Waals surface area contributed by atoms with Gasteiger partial charge >= 0.3 is 0 Å². The second kappa shape index (κ2) is 11.4. The summed E-state index contributed by atoms with van der Waals surface area (Å²) in [5.74, 6) is 1.91. The van der Waals surface area contributed by atoms with Crippen molar-refractivity contribution >= 4 is 45.7 Å². The number of anilines is 3. The van der Waals surface area contributed by atoms with Crippen molar-refractivity contribution in [2.24, 2.45) is 0 Å². The van der Waals surface area contributed by atoms with E-state index < -0.39 is 0 Å². The molecule has 0 saturated heterocycles. The second-order valence-electron chi connectivity index (χ2n) is 10.1. The van der Waals surface area contributed by atoms with E-state index >= 15 is 0 Å². The molecule has 4 aromatic heterocycles. The number of amides is 1. The molecule has 6 aromatic rings. The first-order valence-corrected chi connectivity index (χ1v) is 14.2. The molecule has 0 saturated carbocycles. The van der Waals surface area contributed by atoms with Gasteiger partial charge < -0.3 is 14.5 Å². The molecule has 0 unspecified atom stereocenters. The molecule has 0 spiro atoms. The van der Waals surface area contributed by atoms with Gasteiger partial charge in [0.05, 0.1) is 33.5 Å². The van der Waals surface area contributed by atoms with E-state index in [9.17, 15) is 4.79 Å². The maximum atomic E-state index is 13.2. The van der Waals surface area contributed by atoms with Crippen LogP contribution in [0.5, 0.6) is 0 Å². The predicted molar refractivity (Wildman–Crippen MR) is 165 cm³/mol. The van der Waals surface area contributed by atoms with E-state index in [2.05, 4.69) is 50.5 Å². The first-order valence-electron chi connectivity index (χ1n) is 14.2. The zero-order chi connectivity index (χ0) is 29.2. The van der Waals surface area contributed by atoms with Crippen molar-refractivity contribution in [1.29, 1.82) is 0 Å². The van der Waals surface area contributed by atoms with Crippen molar-refractivity contribution in [1.82, 2.24) is 38.7 Å². The fraction of sp³-hybridized carbons (Fsp3) is 0.258. The molecular weight excluding hydrogens is 528 g/mol. The molecule has 0 fully saturated rings. The van der Waals surface area contributed by atoms with Gasteiger partial charge in [0.2, 0.25) is 11.9 Å². The lowest BCUT2D eigenvalue weighted by Gasteiger charge is -2.11. The fourth-order valence-corrected chi connectivity index (χ4v) is 5.21. The van der Waals surface area contributed by atoms with Crippen LogP contribution in [-0.2, 0) is 26.2 Å². The lowest BCUT2D eigenvalue weighted by molar-refractivity contribution is 0.101. The molecule has 2 aromatic carbocycles. The summed E-state index contributed by atoms with van der Waals surface area (Å²) >= 11 is 0. The average molecular weight is 563 g/mol. The molecule has 0 atom stereocenters. The number of benzene rings is 2. The number of nitrogens with zero attached hydrogens (tertiary/aromatic N) is 8. The third-order valence-electron chi connectivity index (χ3n) is 7.15. The van der Waals surface area contributed by atoms with Gasteiger partial charge in [-0.3, -0.25) is 14.8 Å². The number of fused-ring (bicyclic) bond motifs is 2. The van der Waals surface area contributed by atoms with Crippen LogP contribution in [0.1, 0.15) is 35.7 Å². The van der Waals surface area contributed by atoms with Gasteiger partial charge in [-0.15, -0.1) is 0 Å². The monoisotopic (exact) mass is 562 g/mol. The number of rotatable bonds is 10. The molecule has 2 N–H and O–H groups in total. The molecule has 11 nitrogen and oxygen atoms in total. The summed E-state index contributed by atoms with van der Waals surface area (Å²) in [6, 6.07) is 19.8. The van der Waals surface area contributed by atoms with Crippen LogP contribution in [0, 0.1) is 13.8 Å². The highest BCUT2D eigenvalue weighted by Crippen LogP contribution is 2.24. The average Bonchev–Trinajstić information content (AvgIpc) is 3.74. The maximum absolute atomic E-state index is 13.2. The van der Waals surface area contributed by atoms with E-state index in [0.717, 1.165) is 51.8 Å². The molecule has 0 aliphatic heterocycles. The van der Waals surface area contributed by atoms with Gasteiger partial charge in [0.15, 0.2) is 0 Å². The third kappa shape index (κ3) is 5.16. The number of hydrogen-bond acceptors (Lipinski definition) is 6. The highest BCUT2D eigenvalue weighted by Gasteiger charge is 2.18. The van der Waals surface area contributed by atoms with Crippen LogP contribution < -0.4 is 10.6 Å². The van der Waals surface area contributed by atoms with Gasteiger partial charge in [0.25, 0.3) is 5.91 Å². The number of nitrogens with one attached hydrogen (secondary N) is 2. The van der Waals surface area contributed by atoms with Crippen LogP contribution >= 0.6 is 0 Å². The van der Waals surface area contributed by atoms with Crippen LogP contribution in [0.2, 0.25) is 0 Å². The van der Waals surface area contributed by atoms with Crippen LogP contribution in [0.3, 0.4) is 0 Å². The quantitative estimate of drug-likeness (QED) is 0.208. The number of para-hydroxylation sites is 4. The summed E-state index contributed by atoms with van der Waals surface area (Å²) in [5.41, 5.74) is 5.97. The van der Waals surface area contributed by atoms with Crippen molar-refractivity contribution in [3.8, 4) is 0 Å². The van der Waals surface area contributed by atoms with E-state index in [0.29, 0.717) is 31.3 Å². The molecule has 0 aliphatic rings. The van der Waals surface area contributed by atoms with Crippen LogP contribution in [0.15, 0.2) is 72.8 Å².